The summed E-state index contributed by atoms with van der Waals surface area (Å²) in [6, 6.07) is 12.0. The SMILES string of the molecule is O=C(COC(=O)C1CCN(S(=O)(=O)c2ccc(Cl)cc2)CC1)NCc1ccccc1F. The Bertz CT molecular complexity index is 1040. The van der Waals surface area contributed by atoms with Crippen LogP contribution >= 0.6 is 11.6 Å². The number of ether oxygens (including phenoxy) is 1. The van der Waals surface area contributed by atoms with Gasteiger partial charge < -0.3 is 10.1 Å². The molecule has 31 heavy (non-hydrogen) atoms. The van der Waals surface area contributed by atoms with Crippen molar-refractivity contribution in [2.45, 2.75) is 24.3 Å². The van der Waals surface area contributed by atoms with Crippen molar-refractivity contribution in [1.82, 2.24) is 9.62 Å². The lowest BCUT2D eigenvalue weighted by Crippen LogP contribution is -2.41. The number of nitrogens with zero attached hydrogens (tertiary/aromatic N) is 1. The van der Waals surface area contributed by atoms with E-state index in [1.54, 1.807) is 18.2 Å². The lowest BCUT2D eigenvalue weighted by Gasteiger charge is -2.30. The number of nitrogens with one attached hydrogen (secondary N) is 1. The van der Waals surface area contributed by atoms with Crippen molar-refractivity contribution in [1.29, 1.82) is 0 Å². The molecule has 1 heterocycles. The van der Waals surface area contributed by atoms with E-state index >= 15 is 0 Å². The van der Waals surface area contributed by atoms with Crippen LogP contribution in [-0.2, 0) is 30.9 Å². The summed E-state index contributed by atoms with van der Waals surface area (Å²) < 4.78 is 45.3. The minimum Gasteiger partial charge on any atom is -0.455 e. The average molecular weight is 469 g/mol. The standard InChI is InChI=1S/C21H22ClFN2O5S/c22-17-5-7-18(8-6-17)31(28,29)25-11-9-15(10-12-25)21(27)30-14-20(26)24-13-16-3-1-2-4-19(16)23/h1-8,15H,9-14H2,(H,24,26). The van der Waals surface area contributed by atoms with Gasteiger partial charge in [-0.15, -0.1) is 0 Å². The normalized spacial score (nSPS) is 15.4. The van der Waals surface area contributed by atoms with Crippen LogP contribution in [0.4, 0.5) is 4.39 Å². The van der Waals surface area contributed by atoms with E-state index in [2.05, 4.69) is 5.32 Å². The number of amides is 1. The average Bonchev–Trinajstić information content (AvgIpc) is 2.77. The van der Waals surface area contributed by atoms with Crippen LogP contribution < -0.4 is 5.32 Å². The summed E-state index contributed by atoms with van der Waals surface area (Å²) in [6.07, 6.45) is 0.588. The van der Waals surface area contributed by atoms with E-state index in [0.717, 1.165) is 0 Å². The summed E-state index contributed by atoms with van der Waals surface area (Å²) in [6.45, 7) is -0.144. The van der Waals surface area contributed by atoms with Gasteiger partial charge in [-0.2, -0.15) is 4.31 Å². The van der Waals surface area contributed by atoms with Crippen LogP contribution in [-0.4, -0.2) is 44.3 Å². The summed E-state index contributed by atoms with van der Waals surface area (Å²) in [4.78, 5) is 24.3. The van der Waals surface area contributed by atoms with Crippen LogP contribution in [0.2, 0.25) is 5.02 Å². The van der Waals surface area contributed by atoms with Crippen LogP contribution in [0.1, 0.15) is 18.4 Å². The lowest BCUT2D eigenvalue weighted by atomic mass is 9.98. The van der Waals surface area contributed by atoms with Gasteiger partial charge in [-0.3, -0.25) is 9.59 Å². The molecule has 0 spiro atoms. The summed E-state index contributed by atoms with van der Waals surface area (Å²) in [7, 11) is -3.66. The van der Waals surface area contributed by atoms with E-state index in [0.29, 0.717) is 23.4 Å². The zero-order valence-corrected chi connectivity index (χ0v) is 18.2. The molecule has 10 heteroatoms. The summed E-state index contributed by atoms with van der Waals surface area (Å²) in [5, 5.41) is 2.94. The first-order valence-corrected chi connectivity index (χ1v) is 11.5. The quantitative estimate of drug-likeness (QED) is 0.631. The number of piperidine rings is 1. The maximum Gasteiger partial charge on any atom is 0.309 e. The van der Waals surface area contributed by atoms with Gasteiger partial charge in [0, 0.05) is 30.2 Å². The Kier molecular flexibility index (Phi) is 7.64. The first-order valence-electron chi connectivity index (χ1n) is 9.70. The van der Waals surface area contributed by atoms with Crippen molar-refractivity contribution < 1.29 is 27.1 Å². The van der Waals surface area contributed by atoms with E-state index in [1.165, 1.54) is 34.6 Å². The summed E-state index contributed by atoms with van der Waals surface area (Å²) in [5.74, 6) is -2.01. The number of halogens is 2. The second kappa shape index (κ2) is 10.2. The number of carbonyl (C=O) groups excluding carboxylic acids is 2. The van der Waals surface area contributed by atoms with Crippen LogP contribution in [0.25, 0.3) is 0 Å². The molecule has 0 aliphatic carbocycles. The maximum absolute atomic E-state index is 13.5. The third-order valence-corrected chi connectivity index (χ3v) is 7.18. The highest BCUT2D eigenvalue weighted by molar-refractivity contribution is 7.89. The Balaban J connectivity index is 1.44. The van der Waals surface area contributed by atoms with Gasteiger partial charge in [0.25, 0.3) is 5.91 Å². The Morgan fingerprint density at radius 2 is 1.74 bits per heavy atom. The first-order chi connectivity index (χ1) is 14.8. The summed E-state index contributed by atoms with van der Waals surface area (Å²) in [5.41, 5.74) is 0.330. The number of rotatable bonds is 7. The molecule has 1 fully saturated rings. The fourth-order valence-corrected chi connectivity index (χ4v) is 4.82. The summed E-state index contributed by atoms with van der Waals surface area (Å²) >= 11 is 5.81. The largest absolute Gasteiger partial charge is 0.455 e. The van der Waals surface area contributed by atoms with Gasteiger partial charge in [-0.1, -0.05) is 29.8 Å². The monoisotopic (exact) mass is 468 g/mol. The van der Waals surface area contributed by atoms with Crippen LogP contribution in [0.3, 0.4) is 0 Å². The van der Waals surface area contributed by atoms with Crippen LogP contribution in [0.15, 0.2) is 53.4 Å². The maximum atomic E-state index is 13.5. The van der Waals surface area contributed by atoms with E-state index in [9.17, 15) is 22.4 Å². The van der Waals surface area contributed by atoms with Crippen LogP contribution in [0.5, 0.6) is 0 Å². The molecule has 0 bridgehead atoms. The number of hydrogen-bond donors (Lipinski definition) is 1. The third kappa shape index (κ3) is 6.03. The molecule has 1 amide bonds. The van der Waals surface area contributed by atoms with Gasteiger partial charge in [0.05, 0.1) is 10.8 Å². The molecule has 2 aromatic carbocycles. The Morgan fingerprint density at radius 1 is 1.10 bits per heavy atom. The Labute approximate surface area is 185 Å². The minimum atomic E-state index is -3.66. The highest BCUT2D eigenvalue weighted by Crippen LogP contribution is 2.25. The lowest BCUT2D eigenvalue weighted by molar-refractivity contribution is -0.153. The number of sulfonamides is 1. The van der Waals surface area contributed by atoms with Crippen molar-refractivity contribution in [2.75, 3.05) is 19.7 Å². The van der Waals surface area contributed by atoms with Gasteiger partial charge in [-0.05, 0) is 43.2 Å². The molecular weight excluding hydrogens is 447 g/mol. The van der Waals surface area contributed by atoms with Gasteiger partial charge in [0.15, 0.2) is 6.61 Å². The molecule has 0 saturated carbocycles. The number of esters is 1. The number of benzene rings is 2. The van der Waals surface area contributed by atoms with Crippen molar-refractivity contribution in [3.63, 3.8) is 0 Å². The second-order valence-electron chi connectivity index (χ2n) is 7.11. The fraction of sp³-hybridized carbons (Fsp3) is 0.333. The van der Waals surface area contributed by atoms with Crippen molar-refractivity contribution >= 4 is 33.5 Å². The molecule has 0 unspecified atom stereocenters. The molecule has 7 nitrogen and oxygen atoms in total. The molecule has 0 atom stereocenters. The Morgan fingerprint density at radius 3 is 2.39 bits per heavy atom. The molecule has 166 valence electrons. The predicted molar refractivity (Wildman–Crippen MR) is 112 cm³/mol. The van der Waals surface area contributed by atoms with Gasteiger partial charge >= 0.3 is 5.97 Å². The highest BCUT2D eigenvalue weighted by atomic mass is 35.5. The minimum absolute atomic E-state index is 0.00992. The van der Waals surface area contributed by atoms with E-state index in [-0.39, 0.29) is 24.5 Å². The van der Waals surface area contributed by atoms with E-state index in [1.807, 2.05) is 0 Å². The third-order valence-electron chi connectivity index (χ3n) is 5.02. The zero-order chi connectivity index (χ0) is 22.4. The molecule has 2 aromatic rings. The van der Waals surface area contributed by atoms with Crippen molar-refractivity contribution in [3.8, 4) is 0 Å². The zero-order valence-electron chi connectivity index (χ0n) is 16.6. The topological polar surface area (TPSA) is 92.8 Å². The number of hydrogen-bond acceptors (Lipinski definition) is 5. The van der Waals surface area contributed by atoms with E-state index < -0.39 is 40.2 Å². The molecule has 0 radical (unpaired) electrons. The fourth-order valence-electron chi connectivity index (χ4n) is 3.23. The van der Waals surface area contributed by atoms with Gasteiger partial charge in [0.2, 0.25) is 10.0 Å². The second-order valence-corrected chi connectivity index (χ2v) is 9.48. The number of carbonyl (C=O) groups is 2. The highest BCUT2D eigenvalue weighted by Gasteiger charge is 2.33. The Hall–Kier alpha value is -2.49. The molecule has 1 saturated heterocycles. The molecule has 1 aliphatic heterocycles. The predicted octanol–water partition coefficient (Wildman–Crippen LogP) is 2.74. The molecule has 1 aliphatic rings. The first kappa shape index (κ1) is 23.2. The molecule has 1 N–H and O–H groups in total. The smallest absolute Gasteiger partial charge is 0.309 e. The molecule has 0 aromatic heterocycles. The van der Waals surface area contributed by atoms with E-state index in [4.69, 9.17) is 16.3 Å². The van der Waals surface area contributed by atoms with Gasteiger partial charge in [0.1, 0.15) is 5.82 Å². The molecule has 3 rings (SSSR count). The van der Waals surface area contributed by atoms with Crippen molar-refractivity contribution in [2.24, 2.45) is 5.92 Å². The van der Waals surface area contributed by atoms with Crippen LogP contribution in [0, 0.1) is 11.7 Å². The van der Waals surface area contributed by atoms with Crippen molar-refractivity contribution in [3.05, 3.63) is 64.9 Å². The molecular formula is C21H22ClFN2O5S. The van der Waals surface area contributed by atoms with Gasteiger partial charge in [-0.25, -0.2) is 12.8 Å².